The number of nitrogens with one attached hydrogen (secondary N) is 3. The van der Waals surface area contributed by atoms with Crippen LogP contribution in [0.5, 0.6) is 0 Å². The molecule has 2 aromatic heterocycles. The molecule has 6 heteroatoms. The van der Waals surface area contributed by atoms with Crippen molar-refractivity contribution in [3.63, 3.8) is 0 Å². The second-order valence-electron chi connectivity index (χ2n) is 5.10. The lowest BCUT2D eigenvalue weighted by molar-refractivity contribution is 0.884. The molecule has 0 fully saturated rings. The Labute approximate surface area is 126 Å². The number of aryl methyl sites for hydroxylation is 1. The predicted molar refractivity (Wildman–Crippen MR) is 84.9 cm³/mol. The largest absolute Gasteiger partial charge is 0.376 e. The first-order valence-corrected chi connectivity index (χ1v) is 7.01. The molecule has 2 heterocycles. The molecule has 3 aromatic rings. The third kappa shape index (κ3) is 2.78. The van der Waals surface area contributed by atoms with Crippen molar-refractivity contribution in [2.45, 2.75) is 19.9 Å². The van der Waals surface area contributed by atoms with Crippen LogP contribution in [-0.2, 0) is 0 Å². The zero-order valence-electron chi connectivity index (χ0n) is 11.7. The van der Waals surface area contributed by atoms with Crippen molar-refractivity contribution < 1.29 is 0 Å². The lowest BCUT2D eigenvalue weighted by Gasteiger charge is -2.16. The Bertz CT molecular complexity index is 852. The number of rotatable bonds is 3. The minimum Gasteiger partial charge on any atom is -0.376 e. The van der Waals surface area contributed by atoms with E-state index in [0.717, 1.165) is 27.8 Å². The molecule has 108 valence electrons. The van der Waals surface area contributed by atoms with Gasteiger partial charge in [-0.25, -0.2) is 9.78 Å². The van der Waals surface area contributed by atoms with E-state index in [-0.39, 0.29) is 11.7 Å². The fourth-order valence-electron chi connectivity index (χ4n) is 2.29. The van der Waals surface area contributed by atoms with E-state index >= 15 is 0 Å². The van der Waals surface area contributed by atoms with Gasteiger partial charge in [-0.2, -0.15) is 0 Å². The minimum absolute atomic E-state index is 0.0360. The number of imidazole rings is 1. The topological polar surface area (TPSA) is 73.6 Å². The molecular weight excluding hydrogens is 288 g/mol. The van der Waals surface area contributed by atoms with Gasteiger partial charge in [-0.1, -0.05) is 17.7 Å². The van der Waals surface area contributed by atoms with Gasteiger partial charge in [-0.15, -0.1) is 0 Å². The van der Waals surface area contributed by atoms with E-state index in [1.54, 1.807) is 6.20 Å². The predicted octanol–water partition coefficient (Wildman–Crippen LogP) is 3.39. The molecule has 0 aliphatic carbocycles. The van der Waals surface area contributed by atoms with Crippen molar-refractivity contribution in [1.82, 2.24) is 15.0 Å². The highest BCUT2D eigenvalue weighted by Gasteiger charge is 2.10. The van der Waals surface area contributed by atoms with Crippen LogP contribution in [0.25, 0.3) is 11.0 Å². The van der Waals surface area contributed by atoms with Gasteiger partial charge >= 0.3 is 5.69 Å². The highest BCUT2D eigenvalue weighted by atomic mass is 35.5. The van der Waals surface area contributed by atoms with E-state index in [1.807, 2.05) is 38.1 Å². The van der Waals surface area contributed by atoms with E-state index in [4.69, 9.17) is 11.6 Å². The average molecular weight is 303 g/mol. The molecule has 1 aromatic carbocycles. The highest BCUT2D eigenvalue weighted by molar-refractivity contribution is 6.32. The lowest BCUT2D eigenvalue weighted by Crippen LogP contribution is -2.07. The van der Waals surface area contributed by atoms with Crippen LogP contribution in [0.1, 0.15) is 24.1 Å². The number of benzene rings is 1. The lowest BCUT2D eigenvalue weighted by atomic mass is 10.1. The molecular formula is C15H15ClN4O. The van der Waals surface area contributed by atoms with Gasteiger partial charge in [-0.3, -0.25) is 0 Å². The standard InChI is InChI=1S/C15H15ClN4O/c1-8-5-13(14(16)17-7-8)18-9(2)10-3-4-11-12(6-10)20-15(21)19-11/h3-7,9,18H,1-2H3,(H2,19,20,21). The van der Waals surface area contributed by atoms with Gasteiger partial charge in [0.05, 0.1) is 16.7 Å². The average Bonchev–Trinajstić information content (AvgIpc) is 2.81. The summed E-state index contributed by atoms with van der Waals surface area (Å²) in [6.07, 6.45) is 1.73. The Kier molecular flexibility index (Phi) is 3.43. The second-order valence-corrected chi connectivity index (χ2v) is 5.46. The number of hydrogen-bond acceptors (Lipinski definition) is 3. The molecule has 0 aliphatic rings. The molecule has 0 saturated carbocycles. The summed E-state index contributed by atoms with van der Waals surface area (Å²) in [4.78, 5) is 20.9. The number of fused-ring (bicyclic) bond motifs is 1. The first-order valence-electron chi connectivity index (χ1n) is 6.63. The fraction of sp³-hybridized carbons (Fsp3) is 0.200. The number of aromatic nitrogens is 3. The monoisotopic (exact) mass is 302 g/mol. The maximum atomic E-state index is 11.3. The van der Waals surface area contributed by atoms with E-state index < -0.39 is 0 Å². The number of halogens is 1. The van der Waals surface area contributed by atoms with Crippen LogP contribution in [0.4, 0.5) is 5.69 Å². The summed E-state index contributed by atoms with van der Waals surface area (Å²) < 4.78 is 0. The molecule has 21 heavy (non-hydrogen) atoms. The van der Waals surface area contributed by atoms with Crippen molar-refractivity contribution in [3.05, 3.63) is 57.2 Å². The Morgan fingerprint density at radius 2 is 2.00 bits per heavy atom. The van der Waals surface area contributed by atoms with Crippen molar-refractivity contribution in [1.29, 1.82) is 0 Å². The van der Waals surface area contributed by atoms with Crippen LogP contribution in [0.3, 0.4) is 0 Å². The van der Waals surface area contributed by atoms with Crippen LogP contribution >= 0.6 is 11.6 Å². The van der Waals surface area contributed by atoms with Gasteiger partial charge in [-0.05, 0) is 43.2 Å². The highest BCUT2D eigenvalue weighted by Crippen LogP contribution is 2.26. The molecule has 0 spiro atoms. The fourth-order valence-corrected chi connectivity index (χ4v) is 2.45. The van der Waals surface area contributed by atoms with Gasteiger partial charge in [0.15, 0.2) is 5.15 Å². The van der Waals surface area contributed by atoms with Crippen LogP contribution < -0.4 is 11.0 Å². The zero-order valence-corrected chi connectivity index (χ0v) is 12.5. The molecule has 0 bridgehead atoms. The smallest absolute Gasteiger partial charge is 0.323 e. The summed E-state index contributed by atoms with van der Waals surface area (Å²) in [6, 6.07) is 7.80. The molecule has 0 aliphatic heterocycles. The van der Waals surface area contributed by atoms with Crippen LogP contribution in [-0.4, -0.2) is 15.0 Å². The van der Waals surface area contributed by atoms with Gasteiger partial charge in [0, 0.05) is 12.2 Å². The molecule has 3 N–H and O–H groups in total. The molecule has 0 saturated heterocycles. The molecule has 1 unspecified atom stereocenters. The minimum atomic E-state index is -0.200. The summed E-state index contributed by atoms with van der Waals surface area (Å²) in [7, 11) is 0. The van der Waals surface area contributed by atoms with Crippen molar-refractivity contribution in [2.24, 2.45) is 0 Å². The Hall–Kier alpha value is -2.27. The molecule has 1 atom stereocenters. The number of hydrogen-bond donors (Lipinski definition) is 3. The Morgan fingerprint density at radius 1 is 1.24 bits per heavy atom. The van der Waals surface area contributed by atoms with Crippen molar-refractivity contribution in [2.75, 3.05) is 5.32 Å². The summed E-state index contributed by atoms with van der Waals surface area (Å²) in [5.74, 6) is 0. The van der Waals surface area contributed by atoms with Crippen LogP contribution in [0.15, 0.2) is 35.3 Å². The Balaban J connectivity index is 1.90. The van der Waals surface area contributed by atoms with Gasteiger partial charge in [0.1, 0.15) is 0 Å². The van der Waals surface area contributed by atoms with E-state index in [0.29, 0.717) is 5.15 Å². The number of pyridine rings is 1. The van der Waals surface area contributed by atoms with E-state index in [9.17, 15) is 4.79 Å². The molecule has 0 radical (unpaired) electrons. The van der Waals surface area contributed by atoms with E-state index in [1.165, 1.54) is 0 Å². The van der Waals surface area contributed by atoms with Gasteiger partial charge in [0.25, 0.3) is 0 Å². The van der Waals surface area contributed by atoms with E-state index in [2.05, 4.69) is 20.3 Å². The summed E-state index contributed by atoms with van der Waals surface area (Å²) in [5.41, 5.74) is 4.28. The van der Waals surface area contributed by atoms with Crippen LogP contribution in [0.2, 0.25) is 5.15 Å². The number of aromatic amines is 2. The second kappa shape index (κ2) is 5.26. The quantitative estimate of drug-likeness (QED) is 0.649. The van der Waals surface area contributed by atoms with Crippen LogP contribution in [0, 0.1) is 6.92 Å². The molecule has 5 nitrogen and oxygen atoms in total. The molecule has 0 amide bonds. The SMILES string of the molecule is Cc1cnc(Cl)c(NC(C)c2ccc3[nH]c(=O)[nH]c3c2)c1. The third-order valence-electron chi connectivity index (χ3n) is 3.39. The summed E-state index contributed by atoms with van der Waals surface area (Å²) in [5, 5.41) is 3.79. The number of nitrogens with zero attached hydrogens (tertiary/aromatic N) is 1. The van der Waals surface area contributed by atoms with Crippen molar-refractivity contribution in [3.8, 4) is 0 Å². The normalized spacial score (nSPS) is 12.5. The third-order valence-corrected chi connectivity index (χ3v) is 3.69. The maximum Gasteiger partial charge on any atom is 0.323 e. The number of anilines is 1. The summed E-state index contributed by atoms with van der Waals surface area (Å²) in [6.45, 7) is 4.00. The zero-order chi connectivity index (χ0) is 15.0. The van der Waals surface area contributed by atoms with Gasteiger partial charge < -0.3 is 15.3 Å². The number of H-pyrrole nitrogens is 2. The molecule has 3 rings (SSSR count). The Morgan fingerprint density at radius 3 is 2.81 bits per heavy atom. The first-order chi connectivity index (χ1) is 10.0. The van der Waals surface area contributed by atoms with Crippen molar-refractivity contribution >= 4 is 28.3 Å². The summed E-state index contributed by atoms with van der Waals surface area (Å²) >= 11 is 6.10. The van der Waals surface area contributed by atoms with Gasteiger partial charge in [0.2, 0.25) is 0 Å². The maximum absolute atomic E-state index is 11.3. The first kappa shape index (κ1) is 13.7.